The fourth-order valence-corrected chi connectivity index (χ4v) is 2.41. The minimum atomic E-state index is 0.188. The molecule has 0 bridgehead atoms. The van der Waals surface area contributed by atoms with Crippen LogP contribution >= 0.6 is 0 Å². The summed E-state index contributed by atoms with van der Waals surface area (Å²) in [7, 11) is 0. The fraction of sp³-hybridized carbons (Fsp3) is 0.846. The Morgan fingerprint density at radius 1 is 1.44 bits per heavy atom. The third-order valence-corrected chi connectivity index (χ3v) is 3.59. The van der Waals surface area contributed by atoms with Gasteiger partial charge >= 0.3 is 0 Å². The van der Waals surface area contributed by atoms with E-state index in [9.17, 15) is 0 Å². The molecule has 0 spiro atoms. The molecule has 3 heteroatoms. The lowest BCUT2D eigenvalue weighted by molar-refractivity contribution is 0.140. The second-order valence-corrected chi connectivity index (χ2v) is 4.83. The van der Waals surface area contributed by atoms with Gasteiger partial charge in [0.25, 0.3) is 0 Å². The summed E-state index contributed by atoms with van der Waals surface area (Å²) in [6, 6.07) is 0. The standard InChI is InChI=1S/C13H27N3/c1-3-5-8-15-13(12-14)6-10-16(9-4-2)11-7-13/h3,15H,1,4-12,14H2,2H3. The monoisotopic (exact) mass is 225 g/mol. The molecule has 1 rings (SSSR count). The van der Waals surface area contributed by atoms with Gasteiger partial charge in [0, 0.05) is 12.1 Å². The Balaban J connectivity index is 2.35. The molecule has 1 heterocycles. The maximum absolute atomic E-state index is 5.93. The third-order valence-electron chi connectivity index (χ3n) is 3.59. The van der Waals surface area contributed by atoms with Crippen molar-refractivity contribution in [2.24, 2.45) is 5.73 Å². The van der Waals surface area contributed by atoms with Crippen molar-refractivity contribution < 1.29 is 0 Å². The number of nitrogens with two attached hydrogens (primary N) is 1. The van der Waals surface area contributed by atoms with Gasteiger partial charge in [0.1, 0.15) is 0 Å². The minimum absolute atomic E-state index is 0.188. The van der Waals surface area contributed by atoms with Crippen molar-refractivity contribution in [3.63, 3.8) is 0 Å². The summed E-state index contributed by atoms with van der Waals surface area (Å²) in [5.74, 6) is 0. The van der Waals surface area contributed by atoms with Gasteiger partial charge in [-0.3, -0.25) is 0 Å². The zero-order valence-electron chi connectivity index (χ0n) is 10.7. The van der Waals surface area contributed by atoms with E-state index in [-0.39, 0.29) is 5.54 Å². The average molecular weight is 225 g/mol. The summed E-state index contributed by atoms with van der Waals surface area (Å²) in [6.45, 7) is 11.4. The summed E-state index contributed by atoms with van der Waals surface area (Å²) in [6.07, 6.45) is 6.60. The second-order valence-electron chi connectivity index (χ2n) is 4.83. The van der Waals surface area contributed by atoms with Crippen molar-refractivity contribution in [1.82, 2.24) is 10.2 Å². The van der Waals surface area contributed by atoms with Crippen LogP contribution in [0.4, 0.5) is 0 Å². The van der Waals surface area contributed by atoms with Crippen LogP contribution in [0, 0.1) is 0 Å². The predicted molar refractivity (Wildman–Crippen MR) is 70.6 cm³/mol. The number of hydrogen-bond donors (Lipinski definition) is 2. The van der Waals surface area contributed by atoms with Crippen LogP contribution < -0.4 is 11.1 Å². The second kappa shape index (κ2) is 7.05. The zero-order valence-corrected chi connectivity index (χ0v) is 10.7. The number of hydrogen-bond acceptors (Lipinski definition) is 3. The van der Waals surface area contributed by atoms with Crippen LogP contribution in [0.2, 0.25) is 0 Å². The topological polar surface area (TPSA) is 41.3 Å². The molecular formula is C13H27N3. The summed E-state index contributed by atoms with van der Waals surface area (Å²) < 4.78 is 0. The van der Waals surface area contributed by atoms with Crippen molar-refractivity contribution in [3.05, 3.63) is 12.7 Å². The van der Waals surface area contributed by atoms with Crippen molar-refractivity contribution in [2.75, 3.05) is 32.7 Å². The third kappa shape index (κ3) is 3.89. The number of nitrogens with zero attached hydrogens (tertiary/aromatic N) is 1. The van der Waals surface area contributed by atoms with E-state index in [2.05, 4.69) is 23.7 Å². The Hall–Kier alpha value is -0.380. The van der Waals surface area contributed by atoms with E-state index in [4.69, 9.17) is 5.73 Å². The van der Waals surface area contributed by atoms with E-state index in [1.54, 1.807) is 0 Å². The maximum atomic E-state index is 5.93. The van der Waals surface area contributed by atoms with Crippen LogP contribution in [0.3, 0.4) is 0 Å². The molecule has 0 radical (unpaired) electrons. The highest BCUT2D eigenvalue weighted by atomic mass is 15.2. The van der Waals surface area contributed by atoms with Crippen molar-refractivity contribution >= 4 is 0 Å². The highest BCUT2D eigenvalue weighted by Gasteiger charge is 2.32. The summed E-state index contributed by atoms with van der Waals surface area (Å²) in [5, 5.41) is 3.63. The zero-order chi connectivity index (χ0) is 11.9. The van der Waals surface area contributed by atoms with E-state index >= 15 is 0 Å². The van der Waals surface area contributed by atoms with Crippen LogP contribution in [0.15, 0.2) is 12.7 Å². The lowest BCUT2D eigenvalue weighted by atomic mass is 9.87. The highest BCUT2D eigenvalue weighted by Crippen LogP contribution is 2.21. The Morgan fingerprint density at radius 3 is 2.62 bits per heavy atom. The van der Waals surface area contributed by atoms with Gasteiger partial charge in [-0.1, -0.05) is 13.0 Å². The van der Waals surface area contributed by atoms with Gasteiger partial charge < -0.3 is 16.0 Å². The molecule has 1 saturated heterocycles. The van der Waals surface area contributed by atoms with Gasteiger partial charge in [-0.25, -0.2) is 0 Å². The van der Waals surface area contributed by atoms with Crippen molar-refractivity contribution in [2.45, 2.75) is 38.1 Å². The fourth-order valence-electron chi connectivity index (χ4n) is 2.41. The quantitative estimate of drug-likeness (QED) is 0.508. The number of rotatable bonds is 7. The molecule has 0 aliphatic carbocycles. The van der Waals surface area contributed by atoms with E-state index in [0.29, 0.717) is 0 Å². The minimum Gasteiger partial charge on any atom is -0.329 e. The van der Waals surface area contributed by atoms with Gasteiger partial charge in [0.15, 0.2) is 0 Å². The molecule has 94 valence electrons. The molecule has 16 heavy (non-hydrogen) atoms. The molecule has 0 atom stereocenters. The molecule has 0 aromatic heterocycles. The van der Waals surface area contributed by atoms with Crippen molar-refractivity contribution in [1.29, 1.82) is 0 Å². The first kappa shape index (κ1) is 13.7. The van der Waals surface area contributed by atoms with E-state index < -0.39 is 0 Å². The first-order chi connectivity index (χ1) is 7.76. The van der Waals surface area contributed by atoms with Gasteiger partial charge in [-0.2, -0.15) is 0 Å². The van der Waals surface area contributed by atoms with Crippen LogP contribution in [-0.4, -0.2) is 43.2 Å². The molecule has 0 unspecified atom stereocenters. The van der Waals surface area contributed by atoms with Gasteiger partial charge in [0.2, 0.25) is 0 Å². The molecule has 1 aliphatic heterocycles. The largest absolute Gasteiger partial charge is 0.329 e. The normalized spacial score (nSPS) is 20.9. The average Bonchev–Trinajstić information content (AvgIpc) is 2.32. The molecule has 0 aromatic carbocycles. The first-order valence-corrected chi connectivity index (χ1v) is 6.54. The van der Waals surface area contributed by atoms with E-state index in [1.807, 2.05) is 6.08 Å². The predicted octanol–water partition coefficient (Wildman–Crippen LogP) is 1.36. The summed E-state index contributed by atoms with van der Waals surface area (Å²) in [5.41, 5.74) is 6.12. The Bertz CT molecular complexity index is 195. The molecule has 1 aliphatic rings. The van der Waals surface area contributed by atoms with Crippen LogP contribution in [0.5, 0.6) is 0 Å². The summed E-state index contributed by atoms with van der Waals surface area (Å²) >= 11 is 0. The first-order valence-electron chi connectivity index (χ1n) is 6.54. The lowest BCUT2D eigenvalue weighted by Gasteiger charge is -2.42. The van der Waals surface area contributed by atoms with Crippen molar-refractivity contribution in [3.8, 4) is 0 Å². The molecular weight excluding hydrogens is 198 g/mol. The van der Waals surface area contributed by atoms with E-state index in [1.165, 1.54) is 38.9 Å². The Kier molecular flexibility index (Phi) is 6.03. The van der Waals surface area contributed by atoms with Crippen LogP contribution in [0.1, 0.15) is 32.6 Å². The van der Waals surface area contributed by atoms with Gasteiger partial charge in [0.05, 0.1) is 0 Å². The number of likely N-dealkylation sites (tertiary alicyclic amines) is 1. The smallest absolute Gasteiger partial charge is 0.0328 e. The molecule has 1 fully saturated rings. The van der Waals surface area contributed by atoms with Crippen LogP contribution in [0.25, 0.3) is 0 Å². The maximum Gasteiger partial charge on any atom is 0.0328 e. The molecule has 0 aromatic rings. The Labute approximate surface area is 100 Å². The SMILES string of the molecule is C=CCCNC1(CN)CCN(CCC)CC1. The Morgan fingerprint density at radius 2 is 2.12 bits per heavy atom. The van der Waals surface area contributed by atoms with Gasteiger partial charge in [-0.15, -0.1) is 6.58 Å². The lowest BCUT2D eigenvalue weighted by Crippen LogP contribution is -2.57. The molecule has 0 saturated carbocycles. The summed E-state index contributed by atoms with van der Waals surface area (Å²) in [4.78, 5) is 2.54. The van der Waals surface area contributed by atoms with Gasteiger partial charge in [-0.05, 0) is 51.9 Å². The molecule has 3 nitrogen and oxygen atoms in total. The number of nitrogens with one attached hydrogen (secondary N) is 1. The highest BCUT2D eigenvalue weighted by molar-refractivity contribution is 4.94. The number of piperidine rings is 1. The van der Waals surface area contributed by atoms with Crippen LogP contribution in [-0.2, 0) is 0 Å². The molecule has 0 amide bonds. The molecule has 3 N–H and O–H groups in total. The van der Waals surface area contributed by atoms with E-state index in [0.717, 1.165) is 19.5 Å².